The number of rotatable bonds is 8. The van der Waals surface area contributed by atoms with Crippen molar-refractivity contribution in [2.75, 3.05) is 11.0 Å². The summed E-state index contributed by atoms with van der Waals surface area (Å²) >= 11 is 2.28. The standard InChI is InChI=1S/C17H25IO3S/c1-2-3-4-8-11-17(12-15(13-18)21-14-17)22(19,20)16-9-6-5-7-10-16/h5-7,9-10,15H,2-4,8,11-14H2,1H3. The van der Waals surface area contributed by atoms with Crippen LogP contribution >= 0.6 is 22.6 Å². The molecule has 5 heteroatoms. The van der Waals surface area contributed by atoms with E-state index in [2.05, 4.69) is 29.5 Å². The first-order valence-corrected chi connectivity index (χ1v) is 11.0. The minimum absolute atomic E-state index is 0.0604. The molecular formula is C17H25IO3S. The first-order chi connectivity index (χ1) is 10.6. The Labute approximate surface area is 147 Å². The van der Waals surface area contributed by atoms with Crippen LogP contribution in [0.5, 0.6) is 0 Å². The Bertz CT molecular complexity index is 559. The van der Waals surface area contributed by atoms with Gasteiger partial charge >= 0.3 is 0 Å². The van der Waals surface area contributed by atoms with E-state index >= 15 is 0 Å². The maximum Gasteiger partial charge on any atom is 0.186 e. The lowest BCUT2D eigenvalue weighted by Crippen LogP contribution is -2.39. The summed E-state index contributed by atoms with van der Waals surface area (Å²) in [6.07, 6.45) is 5.76. The predicted molar refractivity (Wildman–Crippen MR) is 98.4 cm³/mol. The molecule has 124 valence electrons. The van der Waals surface area contributed by atoms with Crippen molar-refractivity contribution in [1.29, 1.82) is 0 Å². The highest BCUT2D eigenvalue weighted by molar-refractivity contribution is 14.1. The van der Waals surface area contributed by atoms with Crippen LogP contribution in [0, 0.1) is 0 Å². The van der Waals surface area contributed by atoms with Crippen LogP contribution in [0.25, 0.3) is 0 Å². The van der Waals surface area contributed by atoms with Gasteiger partial charge in [-0.2, -0.15) is 0 Å². The third-order valence-corrected chi connectivity index (χ3v) is 7.97. The number of sulfone groups is 1. The molecule has 0 aromatic heterocycles. The van der Waals surface area contributed by atoms with Crippen LogP contribution in [0.3, 0.4) is 0 Å². The maximum atomic E-state index is 13.2. The van der Waals surface area contributed by atoms with Gasteiger partial charge < -0.3 is 4.74 Å². The van der Waals surface area contributed by atoms with Gasteiger partial charge in [0.05, 0.1) is 17.6 Å². The van der Waals surface area contributed by atoms with Crippen molar-refractivity contribution in [1.82, 2.24) is 0 Å². The summed E-state index contributed by atoms with van der Waals surface area (Å²) in [4.78, 5) is 0.434. The first-order valence-electron chi connectivity index (χ1n) is 8.03. The minimum Gasteiger partial charge on any atom is -0.376 e. The Morgan fingerprint density at radius 1 is 1.23 bits per heavy atom. The van der Waals surface area contributed by atoms with E-state index < -0.39 is 14.6 Å². The van der Waals surface area contributed by atoms with Gasteiger partial charge in [-0.05, 0) is 25.0 Å². The number of unbranched alkanes of at least 4 members (excludes halogenated alkanes) is 3. The Kier molecular flexibility index (Phi) is 6.71. The molecule has 1 aliphatic rings. The lowest BCUT2D eigenvalue weighted by molar-refractivity contribution is 0.126. The summed E-state index contributed by atoms with van der Waals surface area (Å²) in [7, 11) is -3.36. The average molecular weight is 436 g/mol. The van der Waals surface area contributed by atoms with Crippen LogP contribution in [0.4, 0.5) is 0 Å². The van der Waals surface area contributed by atoms with E-state index in [9.17, 15) is 8.42 Å². The molecule has 1 aromatic rings. The molecule has 0 bridgehead atoms. The van der Waals surface area contributed by atoms with Crippen LogP contribution in [-0.2, 0) is 14.6 Å². The summed E-state index contributed by atoms with van der Waals surface area (Å²) in [5, 5.41) is 0. The van der Waals surface area contributed by atoms with Gasteiger partial charge in [-0.1, -0.05) is 73.4 Å². The Balaban J connectivity index is 2.24. The third-order valence-electron chi connectivity index (χ3n) is 4.46. The van der Waals surface area contributed by atoms with E-state index in [1.54, 1.807) is 24.3 Å². The van der Waals surface area contributed by atoms with E-state index in [-0.39, 0.29) is 6.10 Å². The molecule has 22 heavy (non-hydrogen) atoms. The molecule has 0 amide bonds. The molecule has 2 unspecified atom stereocenters. The number of ether oxygens (including phenoxy) is 1. The second-order valence-electron chi connectivity index (χ2n) is 6.10. The highest BCUT2D eigenvalue weighted by atomic mass is 127. The quantitative estimate of drug-likeness (QED) is 0.345. The number of hydrogen-bond donors (Lipinski definition) is 0. The van der Waals surface area contributed by atoms with Crippen molar-refractivity contribution in [2.45, 2.75) is 61.2 Å². The summed E-state index contributed by atoms with van der Waals surface area (Å²) in [5.41, 5.74) is 0. The zero-order valence-electron chi connectivity index (χ0n) is 13.1. The van der Waals surface area contributed by atoms with E-state index in [1.165, 1.54) is 0 Å². The molecule has 1 fully saturated rings. The maximum absolute atomic E-state index is 13.2. The van der Waals surface area contributed by atoms with Crippen molar-refractivity contribution in [3.8, 4) is 0 Å². The van der Waals surface area contributed by atoms with E-state index in [1.807, 2.05) is 6.07 Å². The summed E-state index contributed by atoms with van der Waals surface area (Å²) in [5.74, 6) is 0. The highest BCUT2D eigenvalue weighted by Crippen LogP contribution is 2.40. The van der Waals surface area contributed by atoms with Gasteiger partial charge in [0.1, 0.15) is 4.75 Å². The topological polar surface area (TPSA) is 43.4 Å². The molecule has 0 saturated carbocycles. The fourth-order valence-electron chi connectivity index (χ4n) is 3.12. The molecule has 0 radical (unpaired) electrons. The largest absolute Gasteiger partial charge is 0.376 e. The molecule has 1 heterocycles. The molecule has 1 aromatic carbocycles. The molecule has 0 spiro atoms. The number of halogens is 1. The smallest absolute Gasteiger partial charge is 0.186 e. The lowest BCUT2D eigenvalue weighted by Gasteiger charge is -2.27. The molecule has 0 N–H and O–H groups in total. The van der Waals surface area contributed by atoms with Crippen LogP contribution in [0.1, 0.15) is 45.4 Å². The molecule has 1 saturated heterocycles. The van der Waals surface area contributed by atoms with Gasteiger partial charge in [-0.15, -0.1) is 0 Å². The van der Waals surface area contributed by atoms with Crippen LogP contribution in [-0.4, -0.2) is 30.3 Å². The van der Waals surface area contributed by atoms with Crippen molar-refractivity contribution in [3.05, 3.63) is 30.3 Å². The zero-order valence-corrected chi connectivity index (χ0v) is 16.1. The summed E-state index contributed by atoms with van der Waals surface area (Å²) in [6, 6.07) is 8.86. The molecule has 1 aliphatic heterocycles. The normalized spacial score (nSPS) is 25.5. The highest BCUT2D eigenvalue weighted by Gasteiger charge is 2.50. The zero-order chi connectivity index (χ0) is 16.1. The molecular weight excluding hydrogens is 411 g/mol. The van der Waals surface area contributed by atoms with Gasteiger partial charge in [-0.25, -0.2) is 8.42 Å². The van der Waals surface area contributed by atoms with Crippen molar-refractivity contribution in [3.63, 3.8) is 0 Å². The van der Waals surface area contributed by atoms with Crippen molar-refractivity contribution >= 4 is 32.4 Å². The lowest BCUT2D eigenvalue weighted by atomic mass is 9.97. The third kappa shape index (κ3) is 3.85. The average Bonchev–Trinajstić information content (AvgIpc) is 2.98. The number of hydrogen-bond acceptors (Lipinski definition) is 3. The second-order valence-corrected chi connectivity index (χ2v) is 9.33. The summed E-state index contributed by atoms with van der Waals surface area (Å²) in [6.45, 7) is 2.51. The van der Waals surface area contributed by atoms with Crippen LogP contribution < -0.4 is 0 Å². The Morgan fingerprint density at radius 2 is 1.95 bits per heavy atom. The molecule has 0 aliphatic carbocycles. The Hall–Kier alpha value is -0.140. The second kappa shape index (κ2) is 8.11. The van der Waals surface area contributed by atoms with Crippen molar-refractivity contribution < 1.29 is 13.2 Å². The fourth-order valence-corrected chi connectivity index (χ4v) is 5.74. The number of benzene rings is 1. The summed E-state index contributed by atoms with van der Waals surface area (Å²) < 4.78 is 32.3. The van der Waals surface area contributed by atoms with Gasteiger partial charge in [0.2, 0.25) is 0 Å². The van der Waals surface area contributed by atoms with E-state index in [4.69, 9.17) is 4.74 Å². The van der Waals surface area contributed by atoms with Crippen LogP contribution in [0.2, 0.25) is 0 Å². The minimum atomic E-state index is -3.36. The molecule has 3 nitrogen and oxygen atoms in total. The van der Waals surface area contributed by atoms with Gasteiger partial charge in [-0.3, -0.25) is 0 Å². The fraction of sp³-hybridized carbons (Fsp3) is 0.647. The Morgan fingerprint density at radius 3 is 2.55 bits per heavy atom. The van der Waals surface area contributed by atoms with Gasteiger partial charge in [0.25, 0.3) is 0 Å². The monoisotopic (exact) mass is 436 g/mol. The van der Waals surface area contributed by atoms with Crippen LogP contribution in [0.15, 0.2) is 35.2 Å². The van der Waals surface area contributed by atoms with E-state index in [0.29, 0.717) is 24.3 Å². The molecule has 2 atom stereocenters. The molecule has 2 rings (SSSR count). The SMILES string of the molecule is CCCCCCC1(S(=O)(=O)c2ccccc2)COC(CI)C1. The van der Waals surface area contributed by atoms with Crippen molar-refractivity contribution in [2.24, 2.45) is 0 Å². The predicted octanol–water partition coefficient (Wildman–Crippen LogP) is 4.39. The van der Waals surface area contributed by atoms with Gasteiger partial charge in [0.15, 0.2) is 9.84 Å². The van der Waals surface area contributed by atoms with E-state index in [0.717, 1.165) is 30.1 Å². The first kappa shape index (κ1) is 18.2. The number of alkyl halides is 1. The van der Waals surface area contributed by atoms with Gasteiger partial charge in [0, 0.05) is 4.43 Å².